The Kier molecular flexibility index (Phi) is 5.51. The van der Waals surface area contributed by atoms with Crippen LogP contribution in [0.25, 0.3) is 0 Å². The van der Waals surface area contributed by atoms with E-state index in [0.717, 1.165) is 12.0 Å². The zero-order chi connectivity index (χ0) is 13.9. The van der Waals surface area contributed by atoms with Crippen molar-refractivity contribution in [2.24, 2.45) is 11.3 Å². The molecule has 0 spiro atoms. The molecule has 0 heterocycles. The molecule has 0 aliphatic rings. The topological polar surface area (TPSA) is 20.2 Å². The Balaban J connectivity index is 2.68. The maximum atomic E-state index is 10.2. The molecule has 0 amide bonds. The highest BCUT2D eigenvalue weighted by molar-refractivity contribution is 6.35. The van der Waals surface area contributed by atoms with Crippen molar-refractivity contribution in [2.75, 3.05) is 0 Å². The average Bonchev–Trinajstić information content (AvgIpc) is 2.22. The highest BCUT2D eigenvalue weighted by Crippen LogP contribution is 2.31. The van der Waals surface area contributed by atoms with Gasteiger partial charge in [-0.1, -0.05) is 57.0 Å². The first-order valence-electron chi connectivity index (χ1n) is 6.32. The Morgan fingerprint density at radius 1 is 1.17 bits per heavy atom. The predicted octanol–water partition coefficient (Wildman–Crippen LogP) is 4.97. The Bertz CT molecular complexity index is 376. The van der Waals surface area contributed by atoms with Crippen LogP contribution in [0, 0.1) is 11.3 Å². The first kappa shape index (κ1) is 15.8. The molecule has 0 aliphatic heterocycles. The third kappa shape index (κ3) is 4.46. The van der Waals surface area contributed by atoms with Gasteiger partial charge in [-0.15, -0.1) is 0 Å². The van der Waals surface area contributed by atoms with E-state index in [0.29, 0.717) is 22.4 Å². The fourth-order valence-corrected chi connectivity index (χ4v) is 2.36. The Labute approximate surface area is 120 Å². The molecule has 2 unspecified atom stereocenters. The number of aliphatic hydroxyl groups excluding tert-OH is 1. The molecule has 1 aromatic rings. The number of hydrogen-bond donors (Lipinski definition) is 1. The van der Waals surface area contributed by atoms with Crippen molar-refractivity contribution >= 4 is 23.2 Å². The molecule has 18 heavy (non-hydrogen) atoms. The summed E-state index contributed by atoms with van der Waals surface area (Å²) >= 11 is 12.2. The van der Waals surface area contributed by atoms with Crippen LogP contribution < -0.4 is 0 Å². The van der Waals surface area contributed by atoms with Gasteiger partial charge >= 0.3 is 0 Å². The van der Waals surface area contributed by atoms with Crippen LogP contribution in [0.2, 0.25) is 10.0 Å². The molecule has 102 valence electrons. The minimum Gasteiger partial charge on any atom is -0.393 e. The van der Waals surface area contributed by atoms with Crippen molar-refractivity contribution in [3.63, 3.8) is 0 Å². The van der Waals surface area contributed by atoms with E-state index in [1.54, 1.807) is 0 Å². The Morgan fingerprint density at radius 3 is 2.11 bits per heavy atom. The molecule has 0 saturated carbocycles. The third-order valence-corrected chi connectivity index (χ3v) is 4.31. The molecular formula is C15H22Cl2O. The van der Waals surface area contributed by atoms with E-state index in [1.807, 2.05) is 18.2 Å². The minimum atomic E-state index is -0.406. The number of aliphatic hydroxyl groups is 1. The van der Waals surface area contributed by atoms with Gasteiger partial charge in [0.2, 0.25) is 0 Å². The van der Waals surface area contributed by atoms with E-state index in [4.69, 9.17) is 23.2 Å². The van der Waals surface area contributed by atoms with Crippen molar-refractivity contribution < 1.29 is 5.11 Å². The minimum absolute atomic E-state index is 0.200. The summed E-state index contributed by atoms with van der Waals surface area (Å²) in [5.41, 5.74) is 1.04. The molecule has 1 aromatic carbocycles. The van der Waals surface area contributed by atoms with E-state index in [2.05, 4.69) is 27.7 Å². The lowest BCUT2D eigenvalue weighted by molar-refractivity contribution is 0.110. The van der Waals surface area contributed by atoms with E-state index in [1.165, 1.54) is 0 Å². The molecule has 1 rings (SSSR count). The maximum Gasteiger partial charge on any atom is 0.0584 e. The summed E-state index contributed by atoms with van der Waals surface area (Å²) in [5.74, 6) is 0.439. The summed E-state index contributed by atoms with van der Waals surface area (Å²) in [5, 5.41) is 11.4. The smallest absolute Gasteiger partial charge is 0.0584 e. The molecule has 0 aromatic heterocycles. The number of benzene rings is 1. The summed E-state index contributed by atoms with van der Waals surface area (Å²) in [6.07, 6.45) is 0.862. The fourth-order valence-electron chi connectivity index (χ4n) is 1.81. The predicted molar refractivity (Wildman–Crippen MR) is 79.4 cm³/mol. The molecule has 0 saturated heterocycles. The number of hydrogen-bond acceptors (Lipinski definition) is 1. The second kappa shape index (κ2) is 6.27. The molecule has 1 N–H and O–H groups in total. The van der Waals surface area contributed by atoms with Gasteiger partial charge in [0, 0.05) is 16.5 Å². The van der Waals surface area contributed by atoms with E-state index in [9.17, 15) is 5.11 Å². The van der Waals surface area contributed by atoms with Gasteiger partial charge in [-0.2, -0.15) is 0 Å². The van der Waals surface area contributed by atoms with Crippen molar-refractivity contribution in [3.05, 3.63) is 33.8 Å². The van der Waals surface area contributed by atoms with Crippen LogP contribution in [-0.4, -0.2) is 11.2 Å². The van der Waals surface area contributed by atoms with Crippen LogP contribution in [0.5, 0.6) is 0 Å². The normalized spacial score (nSPS) is 15.5. The standard InChI is InChI=1S/C15H22Cl2O/c1-10(15(2,3)4)8-11(18)9-12-13(16)6-5-7-14(12)17/h5-7,10-11,18H,8-9H2,1-4H3. The van der Waals surface area contributed by atoms with Crippen LogP contribution >= 0.6 is 23.2 Å². The van der Waals surface area contributed by atoms with Gasteiger partial charge in [-0.3, -0.25) is 0 Å². The van der Waals surface area contributed by atoms with Gasteiger partial charge in [-0.05, 0) is 35.4 Å². The molecule has 0 bridgehead atoms. The molecule has 3 heteroatoms. The highest BCUT2D eigenvalue weighted by Gasteiger charge is 2.23. The maximum absolute atomic E-state index is 10.2. The van der Waals surface area contributed by atoms with E-state index < -0.39 is 6.10 Å². The SMILES string of the molecule is CC(CC(O)Cc1c(Cl)cccc1Cl)C(C)(C)C. The first-order chi connectivity index (χ1) is 8.21. The van der Waals surface area contributed by atoms with Crippen LogP contribution in [0.4, 0.5) is 0 Å². The van der Waals surface area contributed by atoms with Crippen molar-refractivity contribution in [1.82, 2.24) is 0 Å². The van der Waals surface area contributed by atoms with E-state index >= 15 is 0 Å². The van der Waals surface area contributed by atoms with Crippen LogP contribution in [0.15, 0.2) is 18.2 Å². The van der Waals surface area contributed by atoms with Gasteiger partial charge in [0.05, 0.1) is 6.10 Å². The molecule has 0 radical (unpaired) electrons. The summed E-state index contributed by atoms with van der Waals surface area (Å²) in [7, 11) is 0. The second-order valence-electron chi connectivity index (χ2n) is 6.06. The summed E-state index contributed by atoms with van der Waals surface area (Å²) in [6, 6.07) is 5.43. The lowest BCUT2D eigenvalue weighted by atomic mass is 9.78. The number of halogens is 2. The van der Waals surface area contributed by atoms with Crippen molar-refractivity contribution in [2.45, 2.75) is 46.6 Å². The zero-order valence-corrected chi connectivity index (χ0v) is 13.0. The average molecular weight is 289 g/mol. The summed E-state index contributed by atoms with van der Waals surface area (Å²) in [4.78, 5) is 0. The zero-order valence-electron chi connectivity index (χ0n) is 11.5. The van der Waals surface area contributed by atoms with Crippen molar-refractivity contribution in [1.29, 1.82) is 0 Å². The third-order valence-electron chi connectivity index (χ3n) is 3.61. The monoisotopic (exact) mass is 288 g/mol. The Hall–Kier alpha value is -0.240. The lowest BCUT2D eigenvalue weighted by Gasteiger charge is -2.29. The first-order valence-corrected chi connectivity index (χ1v) is 7.08. The largest absolute Gasteiger partial charge is 0.393 e. The van der Waals surface area contributed by atoms with E-state index in [-0.39, 0.29) is 5.41 Å². The molecular weight excluding hydrogens is 267 g/mol. The lowest BCUT2D eigenvalue weighted by Crippen LogP contribution is -2.24. The van der Waals surface area contributed by atoms with Crippen LogP contribution in [0.3, 0.4) is 0 Å². The van der Waals surface area contributed by atoms with Crippen molar-refractivity contribution in [3.8, 4) is 0 Å². The fraction of sp³-hybridized carbons (Fsp3) is 0.600. The Morgan fingerprint density at radius 2 is 1.67 bits per heavy atom. The van der Waals surface area contributed by atoms with Gasteiger partial charge in [0.1, 0.15) is 0 Å². The van der Waals surface area contributed by atoms with Gasteiger partial charge < -0.3 is 5.11 Å². The molecule has 0 fully saturated rings. The van der Waals surface area contributed by atoms with Gasteiger partial charge in [0.15, 0.2) is 0 Å². The van der Waals surface area contributed by atoms with Crippen LogP contribution in [-0.2, 0) is 6.42 Å². The number of rotatable bonds is 4. The second-order valence-corrected chi connectivity index (χ2v) is 6.88. The molecule has 0 aliphatic carbocycles. The van der Waals surface area contributed by atoms with Gasteiger partial charge in [-0.25, -0.2) is 0 Å². The summed E-state index contributed by atoms with van der Waals surface area (Å²) in [6.45, 7) is 8.73. The molecule has 2 atom stereocenters. The quantitative estimate of drug-likeness (QED) is 0.829. The van der Waals surface area contributed by atoms with Gasteiger partial charge in [0.25, 0.3) is 0 Å². The summed E-state index contributed by atoms with van der Waals surface area (Å²) < 4.78 is 0. The van der Waals surface area contributed by atoms with Crippen LogP contribution in [0.1, 0.15) is 39.7 Å². The highest BCUT2D eigenvalue weighted by atomic mass is 35.5. The molecule has 1 nitrogen and oxygen atoms in total.